The number of esters is 2. The van der Waals surface area contributed by atoms with Crippen LogP contribution in [0.4, 0.5) is 0 Å². The lowest BCUT2D eigenvalue weighted by Crippen LogP contribution is -2.39. The number of carbonyl (C=O) groups is 3. The topological polar surface area (TPSA) is 110 Å². The Morgan fingerprint density at radius 2 is 2.00 bits per heavy atom. The molecule has 3 atom stereocenters. The summed E-state index contributed by atoms with van der Waals surface area (Å²) in [5.41, 5.74) is -0.867. The van der Waals surface area contributed by atoms with Gasteiger partial charge in [0.05, 0.1) is 12.0 Å². The number of aliphatic hydroxyl groups excluding tert-OH is 2. The maximum absolute atomic E-state index is 11.7. The minimum absolute atomic E-state index is 0.725. The van der Waals surface area contributed by atoms with E-state index in [0.29, 0.717) is 0 Å². The molecule has 1 saturated heterocycles. The van der Waals surface area contributed by atoms with E-state index in [1.54, 1.807) is 20.8 Å². The SMILES string of the molecule is CC(C)(C)C(=O)OC1C(=O)O[C@H]([C@@H](O)CO)C1=O. The van der Waals surface area contributed by atoms with Crippen molar-refractivity contribution in [2.24, 2.45) is 5.41 Å². The van der Waals surface area contributed by atoms with Crippen LogP contribution in [0.2, 0.25) is 0 Å². The van der Waals surface area contributed by atoms with Crippen LogP contribution in [0.3, 0.4) is 0 Å². The van der Waals surface area contributed by atoms with Gasteiger partial charge in [0, 0.05) is 0 Å². The van der Waals surface area contributed by atoms with Crippen LogP contribution in [-0.4, -0.2) is 52.9 Å². The molecule has 18 heavy (non-hydrogen) atoms. The van der Waals surface area contributed by atoms with E-state index >= 15 is 0 Å². The highest BCUT2D eigenvalue weighted by atomic mass is 16.6. The van der Waals surface area contributed by atoms with Crippen molar-refractivity contribution in [3.05, 3.63) is 0 Å². The Labute approximate surface area is 104 Å². The Morgan fingerprint density at radius 3 is 2.44 bits per heavy atom. The van der Waals surface area contributed by atoms with Gasteiger partial charge in [0.15, 0.2) is 6.10 Å². The van der Waals surface area contributed by atoms with E-state index in [4.69, 9.17) is 9.84 Å². The van der Waals surface area contributed by atoms with E-state index in [0.717, 1.165) is 0 Å². The molecule has 0 aromatic heterocycles. The molecule has 0 aromatic rings. The van der Waals surface area contributed by atoms with Gasteiger partial charge < -0.3 is 19.7 Å². The van der Waals surface area contributed by atoms with E-state index in [1.807, 2.05) is 0 Å². The highest BCUT2D eigenvalue weighted by molar-refractivity contribution is 6.10. The van der Waals surface area contributed by atoms with Gasteiger partial charge in [-0.25, -0.2) is 4.79 Å². The number of carbonyl (C=O) groups excluding carboxylic acids is 3. The van der Waals surface area contributed by atoms with Gasteiger partial charge in [-0.2, -0.15) is 0 Å². The zero-order valence-electron chi connectivity index (χ0n) is 10.4. The van der Waals surface area contributed by atoms with Gasteiger partial charge in [0.25, 0.3) is 6.10 Å². The lowest BCUT2D eigenvalue weighted by Gasteiger charge is -2.18. The molecule has 1 aliphatic rings. The molecule has 7 nitrogen and oxygen atoms in total. The molecule has 2 N–H and O–H groups in total. The molecule has 1 heterocycles. The van der Waals surface area contributed by atoms with Crippen LogP contribution in [-0.2, 0) is 23.9 Å². The number of hydrogen-bond acceptors (Lipinski definition) is 7. The van der Waals surface area contributed by atoms with Crippen molar-refractivity contribution < 1.29 is 34.1 Å². The Hall–Kier alpha value is -1.47. The highest BCUT2D eigenvalue weighted by Crippen LogP contribution is 2.22. The summed E-state index contributed by atoms with van der Waals surface area (Å²) < 4.78 is 9.35. The third kappa shape index (κ3) is 2.85. The molecular formula is C11H16O7. The Kier molecular flexibility index (Phi) is 4.08. The molecule has 0 amide bonds. The highest BCUT2D eigenvalue weighted by Gasteiger charge is 2.49. The average Bonchev–Trinajstić information content (AvgIpc) is 2.54. The monoisotopic (exact) mass is 260 g/mol. The van der Waals surface area contributed by atoms with Crippen LogP contribution in [0.25, 0.3) is 0 Å². The minimum Gasteiger partial charge on any atom is -0.448 e. The van der Waals surface area contributed by atoms with E-state index in [2.05, 4.69) is 4.74 Å². The number of rotatable bonds is 3. The van der Waals surface area contributed by atoms with Crippen LogP contribution in [0.1, 0.15) is 20.8 Å². The Balaban J connectivity index is 2.77. The predicted octanol–water partition coefficient (Wildman–Crippen LogP) is -1.21. The quantitative estimate of drug-likeness (QED) is 0.484. The van der Waals surface area contributed by atoms with Crippen LogP contribution in [0.5, 0.6) is 0 Å². The standard InChI is InChI=1S/C11H16O7/c1-11(2,3)10(16)18-8-6(14)7(5(13)4-12)17-9(8)15/h5,7-8,12-13H,4H2,1-3H3/t5-,7+,8?/m0/s1. The van der Waals surface area contributed by atoms with E-state index in [9.17, 15) is 19.5 Å². The lowest BCUT2D eigenvalue weighted by molar-refractivity contribution is -0.168. The van der Waals surface area contributed by atoms with E-state index in [1.165, 1.54) is 0 Å². The fourth-order valence-electron chi connectivity index (χ4n) is 1.26. The molecule has 1 fully saturated rings. The Morgan fingerprint density at radius 1 is 1.44 bits per heavy atom. The summed E-state index contributed by atoms with van der Waals surface area (Å²) in [6.45, 7) is 3.98. The van der Waals surface area contributed by atoms with Crippen molar-refractivity contribution in [3.8, 4) is 0 Å². The summed E-state index contributed by atoms with van der Waals surface area (Å²) in [7, 11) is 0. The smallest absolute Gasteiger partial charge is 0.356 e. The normalized spacial score (nSPS) is 25.8. The Bertz CT molecular complexity index is 368. The van der Waals surface area contributed by atoms with Crippen molar-refractivity contribution in [3.63, 3.8) is 0 Å². The molecule has 1 rings (SSSR count). The molecule has 1 unspecified atom stereocenters. The van der Waals surface area contributed by atoms with Gasteiger partial charge >= 0.3 is 11.9 Å². The van der Waals surface area contributed by atoms with Gasteiger partial charge in [-0.3, -0.25) is 9.59 Å². The number of hydrogen-bond donors (Lipinski definition) is 2. The predicted molar refractivity (Wildman–Crippen MR) is 57.3 cm³/mol. The zero-order chi connectivity index (χ0) is 14.1. The van der Waals surface area contributed by atoms with Crippen molar-refractivity contribution >= 4 is 17.7 Å². The minimum atomic E-state index is -1.66. The fraction of sp³-hybridized carbons (Fsp3) is 0.727. The first-order chi connectivity index (χ1) is 8.18. The van der Waals surface area contributed by atoms with Gasteiger partial charge in [0.2, 0.25) is 5.78 Å². The fourth-order valence-corrected chi connectivity index (χ4v) is 1.26. The van der Waals surface area contributed by atoms with E-state index in [-0.39, 0.29) is 0 Å². The molecule has 0 aromatic carbocycles. The largest absolute Gasteiger partial charge is 0.448 e. The van der Waals surface area contributed by atoms with E-state index < -0.39 is 48.1 Å². The second kappa shape index (κ2) is 5.03. The first kappa shape index (κ1) is 14.6. The van der Waals surface area contributed by atoms with Crippen LogP contribution in [0, 0.1) is 5.41 Å². The zero-order valence-corrected chi connectivity index (χ0v) is 10.4. The summed E-state index contributed by atoms with van der Waals surface area (Å²) in [6.07, 6.45) is -4.66. The lowest BCUT2D eigenvalue weighted by atomic mass is 9.97. The first-order valence-corrected chi connectivity index (χ1v) is 5.42. The van der Waals surface area contributed by atoms with Crippen molar-refractivity contribution in [2.45, 2.75) is 39.1 Å². The maximum Gasteiger partial charge on any atom is 0.356 e. The number of Topliss-reactive ketones (excluding diaryl/α,β-unsaturated/α-hetero) is 1. The van der Waals surface area contributed by atoms with Crippen molar-refractivity contribution in [2.75, 3.05) is 6.61 Å². The first-order valence-electron chi connectivity index (χ1n) is 5.42. The molecule has 7 heteroatoms. The molecule has 0 spiro atoms. The summed E-state index contributed by atoms with van der Waals surface area (Å²) in [5.74, 6) is -2.62. The van der Waals surface area contributed by atoms with Gasteiger partial charge in [-0.1, -0.05) is 0 Å². The molecule has 0 saturated carbocycles. The number of ketones is 1. The second-order valence-electron chi connectivity index (χ2n) is 5.05. The maximum atomic E-state index is 11.7. The molecule has 0 radical (unpaired) electrons. The second-order valence-corrected chi connectivity index (χ2v) is 5.05. The van der Waals surface area contributed by atoms with Gasteiger partial charge in [-0.05, 0) is 20.8 Å². The van der Waals surface area contributed by atoms with Gasteiger partial charge in [-0.15, -0.1) is 0 Å². The van der Waals surface area contributed by atoms with Crippen LogP contribution < -0.4 is 0 Å². The molecule has 102 valence electrons. The summed E-state index contributed by atoms with van der Waals surface area (Å²) >= 11 is 0. The number of aliphatic hydroxyl groups is 2. The third-order valence-electron chi connectivity index (χ3n) is 2.37. The van der Waals surface area contributed by atoms with Crippen molar-refractivity contribution in [1.29, 1.82) is 0 Å². The molecule has 0 bridgehead atoms. The van der Waals surface area contributed by atoms with Crippen LogP contribution >= 0.6 is 0 Å². The molecular weight excluding hydrogens is 244 g/mol. The van der Waals surface area contributed by atoms with Gasteiger partial charge in [0.1, 0.15) is 6.10 Å². The summed E-state index contributed by atoms with van der Waals surface area (Å²) in [5, 5.41) is 18.0. The number of cyclic esters (lactones) is 1. The summed E-state index contributed by atoms with van der Waals surface area (Å²) in [6, 6.07) is 0. The molecule has 1 aliphatic heterocycles. The third-order valence-corrected chi connectivity index (χ3v) is 2.37. The average molecular weight is 260 g/mol. The number of ether oxygens (including phenoxy) is 2. The van der Waals surface area contributed by atoms with Crippen LogP contribution in [0.15, 0.2) is 0 Å². The van der Waals surface area contributed by atoms with Crippen molar-refractivity contribution in [1.82, 2.24) is 0 Å². The molecule has 0 aliphatic carbocycles. The summed E-state index contributed by atoms with van der Waals surface area (Å²) in [4.78, 5) is 34.6.